The standard InChI is InChI=1S/C13H14ClNO5/c1-19-10-6-8(2-3-9(10)14)12(16)15-4-5-20-11(7-15)13(17)18/h2-3,6,11H,4-5,7H2,1H3,(H,17,18). The molecule has 0 saturated carbocycles. The zero-order valence-corrected chi connectivity index (χ0v) is 11.6. The Bertz CT molecular complexity index is 533. The fourth-order valence-electron chi connectivity index (χ4n) is 1.96. The second-order valence-corrected chi connectivity index (χ2v) is 4.71. The van der Waals surface area contributed by atoms with E-state index >= 15 is 0 Å². The molecule has 1 aromatic carbocycles. The van der Waals surface area contributed by atoms with Crippen LogP contribution in [0.2, 0.25) is 5.02 Å². The monoisotopic (exact) mass is 299 g/mol. The molecule has 20 heavy (non-hydrogen) atoms. The number of hydrogen-bond donors (Lipinski definition) is 1. The van der Waals surface area contributed by atoms with Crippen molar-refractivity contribution < 1.29 is 24.2 Å². The van der Waals surface area contributed by atoms with E-state index in [0.717, 1.165) is 0 Å². The van der Waals surface area contributed by atoms with E-state index in [-0.39, 0.29) is 19.1 Å². The molecule has 0 radical (unpaired) electrons. The van der Waals surface area contributed by atoms with E-state index in [4.69, 9.17) is 26.2 Å². The molecule has 1 amide bonds. The lowest BCUT2D eigenvalue weighted by atomic mass is 10.1. The SMILES string of the molecule is COc1cc(C(=O)N2CCOC(C(=O)O)C2)ccc1Cl. The number of carboxylic acids is 1. The van der Waals surface area contributed by atoms with Crippen molar-refractivity contribution in [1.29, 1.82) is 0 Å². The molecule has 108 valence electrons. The smallest absolute Gasteiger partial charge is 0.334 e. The first-order valence-corrected chi connectivity index (χ1v) is 6.38. The molecule has 0 aliphatic carbocycles. The van der Waals surface area contributed by atoms with Crippen molar-refractivity contribution in [2.75, 3.05) is 26.8 Å². The molecule has 1 N–H and O–H groups in total. The Morgan fingerprint density at radius 2 is 2.25 bits per heavy atom. The van der Waals surface area contributed by atoms with Crippen LogP contribution in [0, 0.1) is 0 Å². The lowest BCUT2D eigenvalue weighted by Crippen LogP contribution is -2.48. The van der Waals surface area contributed by atoms with Crippen LogP contribution in [-0.2, 0) is 9.53 Å². The number of methoxy groups -OCH3 is 1. The first-order valence-electron chi connectivity index (χ1n) is 6.00. The zero-order chi connectivity index (χ0) is 14.7. The summed E-state index contributed by atoms with van der Waals surface area (Å²) in [4.78, 5) is 24.7. The number of benzene rings is 1. The lowest BCUT2D eigenvalue weighted by Gasteiger charge is -2.31. The van der Waals surface area contributed by atoms with Gasteiger partial charge in [-0.1, -0.05) is 11.6 Å². The molecule has 0 aromatic heterocycles. The van der Waals surface area contributed by atoms with E-state index in [1.807, 2.05) is 0 Å². The van der Waals surface area contributed by atoms with Gasteiger partial charge in [0.1, 0.15) is 5.75 Å². The van der Waals surface area contributed by atoms with E-state index in [1.165, 1.54) is 18.1 Å². The average molecular weight is 300 g/mol. The molecule has 0 spiro atoms. The summed E-state index contributed by atoms with van der Waals surface area (Å²) >= 11 is 5.90. The summed E-state index contributed by atoms with van der Waals surface area (Å²) in [5.41, 5.74) is 0.400. The molecule has 2 rings (SSSR count). The predicted molar refractivity (Wildman–Crippen MR) is 71.3 cm³/mol. The summed E-state index contributed by atoms with van der Waals surface area (Å²) in [5, 5.41) is 9.34. The molecule has 6 nitrogen and oxygen atoms in total. The van der Waals surface area contributed by atoms with E-state index < -0.39 is 12.1 Å². The van der Waals surface area contributed by atoms with E-state index in [0.29, 0.717) is 22.9 Å². The number of nitrogens with zero attached hydrogens (tertiary/aromatic N) is 1. The summed E-state index contributed by atoms with van der Waals surface area (Å²) in [5.74, 6) is -0.939. The first-order chi connectivity index (χ1) is 9.52. The number of carbonyl (C=O) groups is 2. The van der Waals surface area contributed by atoms with Gasteiger partial charge in [0.05, 0.1) is 25.3 Å². The second kappa shape index (κ2) is 6.11. The van der Waals surface area contributed by atoms with Crippen molar-refractivity contribution >= 4 is 23.5 Å². The molecule has 1 fully saturated rings. The van der Waals surface area contributed by atoms with Gasteiger partial charge in [-0.05, 0) is 18.2 Å². The molecule has 1 aliphatic rings. The summed E-state index contributed by atoms with van der Waals surface area (Å²) in [7, 11) is 1.46. The highest BCUT2D eigenvalue weighted by atomic mass is 35.5. The number of ether oxygens (including phenoxy) is 2. The molecule has 1 aromatic rings. The lowest BCUT2D eigenvalue weighted by molar-refractivity contribution is -0.154. The largest absolute Gasteiger partial charge is 0.495 e. The van der Waals surface area contributed by atoms with Crippen LogP contribution in [0.3, 0.4) is 0 Å². The molecule has 1 unspecified atom stereocenters. The zero-order valence-electron chi connectivity index (χ0n) is 10.8. The quantitative estimate of drug-likeness (QED) is 0.910. The number of amides is 1. The number of rotatable bonds is 3. The van der Waals surface area contributed by atoms with Gasteiger partial charge in [0.2, 0.25) is 0 Å². The molecular formula is C13H14ClNO5. The number of halogens is 1. The van der Waals surface area contributed by atoms with Crippen LogP contribution >= 0.6 is 11.6 Å². The van der Waals surface area contributed by atoms with Gasteiger partial charge in [0.25, 0.3) is 5.91 Å². The van der Waals surface area contributed by atoms with Gasteiger partial charge >= 0.3 is 5.97 Å². The van der Waals surface area contributed by atoms with Crippen molar-refractivity contribution in [2.24, 2.45) is 0 Å². The fourth-order valence-corrected chi connectivity index (χ4v) is 2.15. The maximum Gasteiger partial charge on any atom is 0.334 e. The Morgan fingerprint density at radius 1 is 1.50 bits per heavy atom. The molecular weight excluding hydrogens is 286 g/mol. The van der Waals surface area contributed by atoms with Crippen molar-refractivity contribution in [1.82, 2.24) is 4.90 Å². The number of carbonyl (C=O) groups excluding carboxylic acids is 1. The Morgan fingerprint density at radius 3 is 2.90 bits per heavy atom. The highest BCUT2D eigenvalue weighted by Crippen LogP contribution is 2.25. The van der Waals surface area contributed by atoms with Crippen LogP contribution in [0.4, 0.5) is 0 Å². The van der Waals surface area contributed by atoms with Gasteiger partial charge in [-0.25, -0.2) is 4.79 Å². The molecule has 1 atom stereocenters. The molecule has 7 heteroatoms. The summed E-state index contributed by atoms with van der Waals surface area (Å²) in [6, 6.07) is 4.69. The molecule has 1 heterocycles. The maximum absolute atomic E-state index is 12.3. The van der Waals surface area contributed by atoms with Crippen molar-refractivity contribution in [2.45, 2.75) is 6.10 Å². The summed E-state index contributed by atoms with van der Waals surface area (Å²) in [6.45, 7) is 0.583. The first kappa shape index (κ1) is 14.6. The van der Waals surface area contributed by atoms with Crippen LogP contribution < -0.4 is 4.74 Å². The number of morpholine rings is 1. The third-order valence-corrected chi connectivity index (χ3v) is 3.34. The van der Waals surface area contributed by atoms with Gasteiger partial charge < -0.3 is 19.5 Å². The third-order valence-electron chi connectivity index (χ3n) is 3.03. The third kappa shape index (κ3) is 3.02. The van der Waals surface area contributed by atoms with Gasteiger partial charge in [0.15, 0.2) is 6.10 Å². The van der Waals surface area contributed by atoms with Crippen LogP contribution in [0.5, 0.6) is 5.75 Å². The average Bonchev–Trinajstić information content (AvgIpc) is 2.47. The second-order valence-electron chi connectivity index (χ2n) is 4.30. The van der Waals surface area contributed by atoms with E-state index in [1.54, 1.807) is 12.1 Å². The van der Waals surface area contributed by atoms with Crippen LogP contribution in [0.25, 0.3) is 0 Å². The van der Waals surface area contributed by atoms with Crippen LogP contribution in [0.15, 0.2) is 18.2 Å². The van der Waals surface area contributed by atoms with Gasteiger partial charge in [-0.2, -0.15) is 0 Å². The minimum Gasteiger partial charge on any atom is -0.495 e. The Labute approximate surface area is 120 Å². The normalized spacial score (nSPS) is 18.7. The van der Waals surface area contributed by atoms with E-state index in [2.05, 4.69) is 0 Å². The van der Waals surface area contributed by atoms with Crippen LogP contribution in [-0.4, -0.2) is 54.8 Å². The Hall–Kier alpha value is -1.79. The predicted octanol–water partition coefficient (Wildman–Crippen LogP) is 1.27. The highest BCUT2D eigenvalue weighted by molar-refractivity contribution is 6.32. The highest BCUT2D eigenvalue weighted by Gasteiger charge is 2.29. The van der Waals surface area contributed by atoms with Crippen LogP contribution in [0.1, 0.15) is 10.4 Å². The minimum absolute atomic E-state index is 0.0269. The molecule has 0 bridgehead atoms. The number of carboxylic acid groups (broad SMARTS) is 1. The molecule has 1 saturated heterocycles. The topological polar surface area (TPSA) is 76.1 Å². The molecule has 1 aliphatic heterocycles. The summed E-state index contributed by atoms with van der Waals surface area (Å²) < 4.78 is 10.1. The Balaban J connectivity index is 2.16. The summed E-state index contributed by atoms with van der Waals surface area (Å²) in [6.07, 6.45) is -0.984. The van der Waals surface area contributed by atoms with Crippen molar-refractivity contribution in [3.8, 4) is 5.75 Å². The van der Waals surface area contributed by atoms with Gasteiger partial charge in [0, 0.05) is 12.1 Å². The van der Waals surface area contributed by atoms with E-state index in [9.17, 15) is 9.59 Å². The number of aliphatic carboxylic acids is 1. The maximum atomic E-state index is 12.3. The number of hydrogen-bond acceptors (Lipinski definition) is 4. The fraction of sp³-hybridized carbons (Fsp3) is 0.385. The van der Waals surface area contributed by atoms with Gasteiger partial charge in [-0.3, -0.25) is 4.79 Å². The van der Waals surface area contributed by atoms with Crippen molar-refractivity contribution in [3.63, 3.8) is 0 Å². The van der Waals surface area contributed by atoms with Gasteiger partial charge in [-0.15, -0.1) is 0 Å². The Kier molecular flexibility index (Phi) is 4.46. The van der Waals surface area contributed by atoms with Crippen molar-refractivity contribution in [3.05, 3.63) is 28.8 Å². The minimum atomic E-state index is -1.07.